The molecule has 0 aliphatic rings. The molecule has 0 bridgehead atoms. The Morgan fingerprint density at radius 2 is 0.258 bits per heavy atom. The quantitative estimate of drug-likeness (QED) is 0.0425. The highest BCUT2D eigenvalue weighted by molar-refractivity contribution is 6.96. The van der Waals surface area contributed by atoms with Crippen LogP contribution in [0.1, 0.15) is 12.8 Å². The first kappa shape index (κ1) is 101. The van der Waals surface area contributed by atoms with Gasteiger partial charge in [-0.15, -0.1) is 0 Å². The summed E-state index contributed by atoms with van der Waals surface area (Å²) in [5.74, 6) is 0. The summed E-state index contributed by atoms with van der Waals surface area (Å²) in [4.78, 5) is 0. The Hall–Kier alpha value is 3.59. The minimum Gasteiger partial charge on any atom is -0.436 e. The Morgan fingerprint density at radius 1 is 0.155 bits per heavy atom. The van der Waals surface area contributed by atoms with Crippen molar-refractivity contribution in [2.75, 3.05) is 39.6 Å². The van der Waals surface area contributed by atoms with E-state index in [1.54, 1.807) is 0 Å². The van der Waals surface area contributed by atoms with Crippen LogP contribution < -0.4 is 0 Å². The van der Waals surface area contributed by atoms with Gasteiger partial charge in [-0.05, 0) is 300 Å². The summed E-state index contributed by atoms with van der Waals surface area (Å²) in [6, 6.07) is 1.87. The van der Waals surface area contributed by atoms with Crippen molar-refractivity contribution in [3.05, 3.63) is 0 Å². The molecule has 0 atom stereocenters. The Labute approximate surface area is 615 Å². The van der Waals surface area contributed by atoms with Gasteiger partial charge in [0.25, 0.3) is 0 Å². The van der Waals surface area contributed by atoms with Gasteiger partial charge in [0.1, 0.15) is 0 Å². The maximum absolute atomic E-state index is 9.06. The van der Waals surface area contributed by atoms with Crippen LogP contribution in [0.5, 0.6) is 0 Å². The third kappa shape index (κ3) is 48.7. The molecular weight excluding hydrogens is 1600 g/mol. The van der Waals surface area contributed by atoms with Crippen LogP contribution in [-0.2, 0) is 91.8 Å². The zero-order chi connectivity index (χ0) is 77.1. The van der Waals surface area contributed by atoms with Gasteiger partial charge in [-0.1, -0.05) is 0 Å². The zero-order valence-corrected chi connectivity index (χ0v) is 90.4. The topological polar surface area (TPSA) is 244 Å². The predicted octanol–water partition coefficient (Wildman–Crippen LogP) is 15.9. The number of ether oxygens (including phenoxy) is 2. The molecule has 0 aliphatic carbocycles. The fraction of sp³-hybridized carbons (Fsp3) is 1.00. The van der Waals surface area contributed by atoms with Crippen molar-refractivity contribution in [3.63, 3.8) is 0 Å². The summed E-state index contributed by atoms with van der Waals surface area (Å²) in [5.41, 5.74) is 0. The van der Waals surface area contributed by atoms with E-state index < -0.39 is 179 Å². The van der Waals surface area contributed by atoms with Crippen molar-refractivity contribution in [1.29, 1.82) is 0 Å². The third-order valence-corrected chi connectivity index (χ3v) is 94.8. The van der Waals surface area contributed by atoms with E-state index in [9.17, 15) is 0 Å². The van der Waals surface area contributed by atoms with E-state index in [0.717, 1.165) is 24.9 Å². The minimum atomic E-state index is -2.90. The maximum Gasteiger partial charge on any atom is 0.314 e. The van der Waals surface area contributed by atoms with Crippen LogP contribution >= 0.6 is 0 Å². The van der Waals surface area contributed by atoms with E-state index in [1.165, 1.54) is 0 Å². The Kier molecular flexibility index (Phi) is 38.4. The molecule has 24 nitrogen and oxygen atoms in total. The van der Waals surface area contributed by atoms with E-state index in [2.05, 4.69) is 275 Å². The van der Waals surface area contributed by atoms with E-state index in [1.807, 2.05) is 0 Å². The summed E-state index contributed by atoms with van der Waals surface area (Å²) in [6.45, 7) is 89.2. The summed E-state index contributed by atoms with van der Waals surface area (Å²) in [6.07, 6.45) is 1.76. The van der Waals surface area contributed by atoms with Gasteiger partial charge in [0.05, 0.1) is 26.4 Å². The molecule has 45 heteroatoms. The lowest BCUT2D eigenvalue weighted by molar-refractivity contribution is 0.0923. The van der Waals surface area contributed by atoms with Crippen molar-refractivity contribution in [2.45, 2.75) is 300 Å². The van der Waals surface area contributed by atoms with Crippen LogP contribution in [0.2, 0.25) is 287 Å². The van der Waals surface area contributed by atoms with Crippen molar-refractivity contribution in [2.24, 2.45) is 0 Å². The second-order valence-corrected chi connectivity index (χ2v) is 113. The molecule has 0 saturated heterocycles. The summed E-state index contributed by atoms with van der Waals surface area (Å²) in [7, 11) is -57.6. The molecule has 0 aliphatic heterocycles. The molecule has 0 aromatic carbocycles. The highest BCUT2D eigenvalue weighted by Crippen LogP contribution is 2.36. The van der Waals surface area contributed by atoms with Crippen LogP contribution in [0.25, 0.3) is 0 Å². The van der Waals surface area contributed by atoms with Crippen molar-refractivity contribution in [3.8, 4) is 0 Å². The van der Waals surface area contributed by atoms with Gasteiger partial charge >= 0.3 is 163 Å². The van der Waals surface area contributed by atoms with E-state index >= 15 is 0 Å². The number of aliphatic hydroxyl groups is 2. The zero-order valence-electron chi connectivity index (χ0n) is 69.4. The molecule has 0 aromatic rings. The summed E-state index contributed by atoms with van der Waals surface area (Å²) < 4.78 is 149. The highest BCUT2D eigenvalue weighted by Gasteiger charge is 2.55. The summed E-state index contributed by atoms with van der Waals surface area (Å²) in [5, 5.41) is 18.1. The molecule has 584 valence electrons. The van der Waals surface area contributed by atoms with E-state index in [4.69, 9.17) is 102 Å². The molecule has 0 amide bonds. The van der Waals surface area contributed by atoms with Gasteiger partial charge in [-0.2, -0.15) is 0 Å². The van der Waals surface area contributed by atoms with E-state index in [-0.39, 0.29) is 13.2 Å². The van der Waals surface area contributed by atoms with Gasteiger partial charge in [-0.3, -0.25) is 0 Å². The SMILES string of the molecule is C[Si](C)(CCCOCCO)O[Si](C)(C)O[Si](C)(C)O[Si](C)(C)O[Si](C)(C)O[Si](C)(C)O[Si](C)(C)O[Si](C)(C)O[Si](C)(C)O[Si](C)(C)O[Si](C)(C)O[Si](C)(C)O[Si](C)(C)O[Si](C)(C)O[Si](C)(C)O[Si](C)(C)O[Si](C)(C)O[Si](C)(C)O[Si](C)(C)O[Si](C)(C)O[Si](C)(C)CCCOCCO. The maximum atomic E-state index is 9.06. The van der Waals surface area contributed by atoms with Crippen molar-refractivity contribution in [1.82, 2.24) is 0 Å². The van der Waals surface area contributed by atoms with Crippen LogP contribution in [0.4, 0.5) is 0 Å². The fourth-order valence-corrected chi connectivity index (χ4v) is 123. The Balaban J connectivity index is 5.81. The smallest absolute Gasteiger partial charge is 0.314 e. The molecule has 97 heavy (non-hydrogen) atoms. The van der Waals surface area contributed by atoms with Crippen LogP contribution in [0.3, 0.4) is 0 Å². The molecule has 2 N–H and O–H groups in total. The number of hydrogen-bond donors (Lipinski definition) is 2. The third-order valence-electron chi connectivity index (χ3n) is 12.5. The normalized spacial score (nSPS) is 15.7. The number of aliphatic hydroxyl groups excluding tert-OH is 2. The number of rotatable bonds is 52. The van der Waals surface area contributed by atoms with Gasteiger partial charge in [0, 0.05) is 13.2 Å². The van der Waals surface area contributed by atoms with Crippen molar-refractivity contribution >= 4 is 179 Å². The van der Waals surface area contributed by atoms with Gasteiger partial charge < -0.3 is 102 Å². The molecular formula is C52H148O24Si21. The number of hydrogen-bond acceptors (Lipinski definition) is 24. The lowest BCUT2D eigenvalue weighted by atomic mass is 10.5. The van der Waals surface area contributed by atoms with Crippen LogP contribution in [-0.4, -0.2) is 229 Å². The summed E-state index contributed by atoms with van der Waals surface area (Å²) >= 11 is 0. The highest BCUT2D eigenvalue weighted by atomic mass is 28.6. The van der Waals surface area contributed by atoms with Gasteiger partial charge in [0.15, 0.2) is 16.6 Å². The second kappa shape index (κ2) is 37.1. The molecule has 0 aromatic heterocycles. The average Bonchev–Trinajstić information content (AvgIpc) is 0.826. The molecule has 0 spiro atoms. The molecule has 0 rings (SSSR count). The first-order valence-corrected chi connectivity index (χ1v) is 94.4. The van der Waals surface area contributed by atoms with E-state index in [0.29, 0.717) is 26.4 Å². The molecule has 0 heterocycles. The van der Waals surface area contributed by atoms with Crippen LogP contribution in [0.15, 0.2) is 0 Å². The lowest BCUT2D eigenvalue weighted by Crippen LogP contribution is -2.63. The molecule has 0 fully saturated rings. The van der Waals surface area contributed by atoms with Crippen LogP contribution in [0, 0.1) is 0 Å². The Bertz CT molecular complexity index is 2210. The standard InChI is InChI=1S/C52H148O24Si21/c1-77(2,51-43-47-55-49-45-53)57-79(5,6)59-81(9,10)61-83(13,14)63-85(17,18)65-87(21,22)67-89(25,26)69-91(29,30)71-93(33,34)73-95(37,38)75-97(41,42)76-96(39,40)74-94(35,36)72-92(31,32)70-90(27,28)68-88(23,24)66-86(19,20)64-84(15,16)62-82(11,12)60-80(7,8)58-78(3,4)52-44-48-56-50-46-54/h53-54H,43-52H2,1-42H3. The predicted molar refractivity (Wildman–Crippen MR) is 443 cm³/mol. The largest absolute Gasteiger partial charge is 0.436 e. The Morgan fingerprint density at radius 3 is 0.361 bits per heavy atom. The fourth-order valence-electron chi connectivity index (χ4n) is 14.0. The molecule has 0 saturated carbocycles. The van der Waals surface area contributed by atoms with Gasteiger partial charge in [-0.25, -0.2) is 0 Å². The monoisotopic (exact) mass is 1740 g/mol. The molecule has 0 unspecified atom stereocenters. The minimum absolute atomic E-state index is 0.0272. The second-order valence-electron chi connectivity index (χ2n) is 35.0. The average molecular weight is 1750 g/mol. The first-order valence-electron chi connectivity index (χ1n) is 34.7. The lowest BCUT2D eigenvalue weighted by Gasteiger charge is -2.45. The van der Waals surface area contributed by atoms with Gasteiger partial charge in [0.2, 0.25) is 0 Å². The first-order chi connectivity index (χ1) is 42.3. The molecule has 0 radical (unpaired) electrons. The van der Waals surface area contributed by atoms with Crippen molar-refractivity contribution < 1.29 is 102 Å².